The molecular formula is C21H23ClF2N2O3. The van der Waals surface area contributed by atoms with Crippen molar-refractivity contribution in [1.82, 2.24) is 10.2 Å². The van der Waals surface area contributed by atoms with E-state index in [1.807, 2.05) is 24.3 Å². The summed E-state index contributed by atoms with van der Waals surface area (Å²) in [5.41, 5.74) is 1.97. The monoisotopic (exact) mass is 424 g/mol. The van der Waals surface area contributed by atoms with Crippen LogP contribution in [0.1, 0.15) is 17.2 Å². The Hall–Kier alpha value is -2.22. The lowest BCUT2D eigenvalue weighted by molar-refractivity contribution is -0.124. The molecule has 0 aromatic heterocycles. The molecule has 29 heavy (non-hydrogen) atoms. The molecule has 1 aliphatic rings. The Bertz CT molecular complexity index is 788. The van der Waals surface area contributed by atoms with Gasteiger partial charge in [0.25, 0.3) is 0 Å². The summed E-state index contributed by atoms with van der Waals surface area (Å²) in [5.74, 6) is 0.0646. The third-order valence-corrected chi connectivity index (χ3v) is 4.90. The van der Waals surface area contributed by atoms with Gasteiger partial charge in [-0.1, -0.05) is 35.9 Å². The van der Waals surface area contributed by atoms with Gasteiger partial charge in [-0.3, -0.25) is 9.69 Å². The van der Waals surface area contributed by atoms with Crippen molar-refractivity contribution in [3.8, 4) is 5.75 Å². The van der Waals surface area contributed by atoms with Crippen molar-refractivity contribution in [2.24, 2.45) is 0 Å². The molecular weight excluding hydrogens is 402 g/mol. The molecule has 2 aromatic rings. The SMILES string of the molecule is O=C(CN1CCOC(c2ccc(Cl)cc2)C1)NCCc1ccc(OC(F)F)cc1. The maximum Gasteiger partial charge on any atom is 0.387 e. The second kappa shape index (κ2) is 10.5. The van der Waals surface area contributed by atoms with Crippen LogP contribution in [0.2, 0.25) is 5.02 Å². The first-order chi connectivity index (χ1) is 14.0. The maximum absolute atomic E-state index is 12.3. The molecule has 0 spiro atoms. The Morgan fingerprint density at radius 1 is 1.21 bits per heavy atom. The van der Waals surface area contributed by atoms with Gasteiger partial charge in [-0.05, 0) is 41.8 Å². The van der Waals surface area contributed by atoms with Crippen LogP contribution in [0.5, 0.6) is 5.75 Å². The first kappa shape index (κ1) is 21.5. The number of carbonyl (C=O) groups excluding carboxylic acids is 1. The van der Waals surface area contributed by atoms with E-state index in [1.54, 1.807) is 12.1 Å². The van der Waals surface area contributed by atoms with Crippen LogP contribution in [0, 0.1) is 0 Å². The maximum atomic E-state index is 12.3. The third kappa shape index (κ3) is 6.96. The molecule has 1 unspecified atom stereocenters. The number of ether oxygens (including phenoxy) is 2. The van der Waals surface area contributed by atoms with Crippen LogP contribution in [0.15, 0.2) is 48.5 Å². The van der Waals surface area contributed by atoms with Crippen molar-refractivity contribution in [1.29, 1.82) is 0 Å². The number of benzene rings is 2. The van der Waals surface area contributed by atoms with Gasteiger partial charge in [-0.15, -0.1) is 0 Å². The van der Waals surface area contributed by atoms with E-state index in [0.717, 1.165) is 11.1 Å². The Morgan fingerprint density at radius 3 is 2.62 bits per heavy atom. The van der Waals surface area contributed by atoms with Crippen molar-refractivity contribution >= 4 is 17.5 Å². The van der Waals surface area contributed by atoms with Gasteiger partial charge < -0.3 is 14.8 Å². The highest BCUT2D eigenvalue weighted by atomic mass is 35.5. The summed E-state index contributed by atoms with van der Waals surface area (Å²) < 4.78 is 34.4. The van der Waals surface area contributed by atoms with Crippen LogP contribution in [0.4, 0.5) is 8.78 Å². The summed E-state index contributed by atoms with van der Waals surface area (Å²) in [6.07, 6.45) is 0.528. The van der Waals surface area contributed by atoms with Crippen molar-refractivity contribution in [3.63, 3.8) is 0 Å². The highest BCUT2D eigenvalue weighted by molar-refractivity contribution is 6.30. The number of nitrogens with one attached hydrogen (secondary N) is 1. The van der Waals surface area contributed by atoms with Crippen LogP contribution in [0.3, 0.4) is 0 Å². The number of amides is 1. The summed E-state index contributed by atoms with van der Waals surface area (Å²) in [4.78, 5) is 14.3. The van der Waals surface area contributed by atoms with Crippen molar-refractivity contribution in [2.45, 2.75) is 19.1 Å². The Labute approximate surface area is 173 Å². The number of hydrogen-bond donors (Lipinski definition) is 1. The fraction of sp³-hybridized carbons (Fsp3) is 0.381. The van der Waals surface area contributed by atoms with Gasteiger partial charge >= 0.3 is 6.61 Å². The predicted octanol–water partition coefficient (Wildman–Crippen LogP) is 3.67. The second-order valence-corrected chi connectivity index (χ2v) is 7.20. The Balaban J connectivity index is 1.40. The van der Waals surface area contributed by atoms with E-state index in [2.05, 4.69) is 15.0 Å². The number of morpholine rings is 1. The van der Waals surface area contributed by atoms with E-state index >= 15 is 0 Å². The standard InChI is InChI=1S/C21H23ClF2N2O3/c22-17-5-3-16(4-6-17)19-13-26(11-12-28-19)14-20(27)25-10-9-15-1-7-18(8-2-15)29-21(23)24/h1-8,19,21H,9-14H2,(H,25,27). The summed E-state index contributed by atoms with van der Waals surface area (Å²) >= 11 is 5.93. The topological polar surface area (TPSA) is 50.8 Å². The lowest BCUT2D eigenvalue weighted by Crippen LogP contribution is -2.44. The minimum atomic E-state index is -2.83. The molecule has 0 bridgehead atoms. The smallest absolute Gasteiger partial charge is 0.387 e. The van der Waals surface area contributed by atoms with E-state index in [9.17, 15) is 13.6 Å². The minimum Gasteiger partial charge on any atom is -0.435 e. The predicted molar refractivity (Wildman–Crippen MR) is 106 cm³/mol. The first-order valence-electron chi connectivity index (χ1n) is 9.39. The van der Waals surface area contributed by atoms with Crippen LogP contribution in [-0.2, 0) is 16.0 Å². The molecule has 156 valence electrons. The third-order valence-electron chi connectivity index (χ3n) is 4.64. The lowest BCUT2D eigenvalue weighted by Gasteiger charge is -2.32. The molecule has 1 aliphatic heterocycles. The largest absolute Gasteiger partial charge is 0.435 e. The zero-order valence-electron chi connectivity index (χ0n) is 15.8. The fourth-order valence-corrected chi connectivity index (χ4v) is 3.29. The molecule has 0 aliphatic carbocycles. The van der Waals surface area contributed by atoms with Crippen molar-refractivity contribution in [3.05, 3.63) is 64.7 Å². The van der Waals surface area contributed by atoms with E-state index in [-0.39, 0.29) is 17.8 Å². The van der Waals surface area contributed by atoms with Gasteiger partial charge in [0.05, 0.1) is 19.3 Å². The second-order valence-electron chi connectivity index (χ2n) is 6.77. The number of hydrogen-bond acceptors (Lipinski definition) is 4. The average Bonchev–Trinajstić information content (AvgIpc) is 2.70. The minimum absolute atomic E-state index is 0.0561. The van der Waals surface area contributed by atoms with Crippen LogP contribution in [-0.4, -0.2) is 50.2 Å². The van der Waals surface area contributed by atoms with Gasteiger partial charge in [0.1, 0.15) is 5.75 Å². The van der Waals surface area contributed by atoms with Gasteiger partial charge in [-0.2, -0.15) is 8.78 Å². The molecule has 8 heteroatoms. The average molecular weight is 425 g/mol. The number of nitrogens with zero attached hydrogens (tertiary/aromatic N) is 1. The van der Waals surface area contributed by atoms with Crippen LogP contribution in [0.25, 0.3) is 0 Å². The summed E-state index contributed by atoms with van der Waals surface area (Å²) in [5, 5.41) is 3.57. The van der Waals surface area contributed by atoms with Crippen molar-refractivity contribution < 1.29 is 23.0 Å². The van der Waals surface area contributed by atoms with Crippen LogP contribution < -0.4 is 10.1 Å². The Morgan fingerprint density at radius 2 is 1.93 bits per heavy atom. The molecule has 3 rings (SSSR count). The summed E-state index contributed by atoms with van der Waals surface area (Å²) in [7, 11) is 0. The van der Waals surface area contributed by atoms with Gasteiger partial charge in [0.2, 0.25) is 5.91 Å². The lowest BCUT2D eigenvalue weighted by atomic mass is 10.1. The number of alkyl halides is 2. The molecule has 1 atom stereocenters. The fourth-order valence-electron chi connectivity index (χ4n) is 3.17. The number of carbonyl (C=O) groups is 1. The molecule has 0 radical (unpaired) electrons. The zero-order chi connectivity index (χ0) is 20.6. The van der Waals surface area contributed by atoms with E-state index in [4.69, 9.17) is 16.3 Å². The quantitative estimate of drug-likeness (QED) is 0.702. The molecule has 1 heterocycles. The van der Waals surface area contributed by atoms with Gasteiger partial charge in [0, 0.05) is 24.7 Å². The molecule has 1 amide bonds. The van der Waals surface area contributed by atoms with E-state index < -0.39 is 6.61 Å². The normalized spacial score (nSPS) is 17.3. The highest BCUT2D eigenvalue weighted by Gasteiger charge is 2.23. The van der Waals surface area contributed by atoms with E-state index in [1.165, 1.54) is 12.1 Å². The molecule has 0 saturated carbocycles. The summed E-state index contributed by atoms with van der Waals surface area (Å²) in [6, 6.07) is 13.9. The molecule has 2 aromatic carbocycles. The Kier molecular flexibility index (Phi) is 7.80. The van der Waals surface area contributed by atoms with Crippen LogP contribution >= 0.6 is 11.6 Å². The van der Waals surface area contributed by atoms with Gasteiger partial charge in [-0.25, -0.2) is 0 Å². The van der Waals surface area contributed by atoms with Crippen molar-refractivity contribution in [2.75, 3.05) is 32.8 Å². The number of rotatable bonds is 8. The molecule has 1 saturated heterocycles. The highest BCUT2D eigenvalue weighted by Crippen LogP contribution is 2.23. The number of halogens is 3. The molecule has 1 fully saturated rings. The molecule has 5 nitrogen and oxygen atoms in total. The van der Waals surface area contributed by atoms with Gasteiger partial charge in [0.15, 0.2) is 0 Å². The molecule has 1 N–H and O–H groups in total. The van der Waals surface area contributed by atoms with E-state index in [0.29, 0.717) is 44.2 Å². The zero-order valence-corrected chi connectivity index (χ0v) is 16.6. The first-order valence-corrected chi connectivity index (χ1v) is 9.77. The summed E-state index contributed by atoms with van der Waals surface area (Å²) in [6.45, 7) is -0.162.